The number of fused-ring (bicyclic) bond motifs is 1. The summed E-state index contributed by atoms with van der Waals surface area (Å²) in [5, 5.41) is 0. The zero-order valence-electron chi connectivity index (χ0n) is 9.90. The first kappa shape index (κ1) is 10.3. The first-order chi connectivity index (χ1) is 8.24. The van der Waals surface area contributed by atoms with Crippen molar-refractivity contribution < 1.29 is 0 Å². The van der Waals surface area contributed by atoms with Gasteiger partial charge in [0.05, 0.1) is 0 Å². The molecule has 1 aromatic heterocycles. The van der Waals surface area contributed by atoms with Crippen molar-refractivity contribution in [1.82, 2.24) is 9.97 Å². The number of benzene rings is 1. The highest BCUT2D eigenvalue weighted by Crippen LogP contribution is 2.27. The van der Waals surface area contributed by atoms with Crippen LogP contribution in [0.5, 0.6) is 0 Å². The minimum Gasteiger partial charge on any atom is -0.383 e. The second-order valence-electron chi connectivity index (χ2n) is 4.58. The van der Waals surface area contributed by atoms with Crippen LogP contribution in [0.4, 0.5) is 5.82 Å². The van der Waals surface area contributed by atoms with E-state index in [9.17, 15) is 0 Å². The van der Waals surface area contributed by atoms with Gasteiger partial charge in [-0.2, -0.15) is 0 Å². The monoisotopic (exact) mass is 225 g/mol. The van der Waals surface area contributed by atoms with Crippen LogP contribution in [-0.4, -0.2) is 9.97 Å². The summed E-state index contributed by atoms with van der Waals surface area (Å²) < 4.78 is 0. The fourth-order valence-corrected chi connectivity index (χ4v) is 2.29. The van der Waals surface area contributed by atoms with Gasteiger partial charge in [-0.1, -0.05) is 29.8 Å². The van der Waals surface area contributed by atoms with E-state index in [1.165, 1.54) is 5.56 Å². The maximum Gasteiger partial charge on any atom is 0.161 e. The summed E-state index contributed by atoms with van der Waals surface area (Å²) in [5.74, 6) is 1.41. The molecule has 0 bridgehead atoms. The third-order valence-corrected chi connectivity index (χ3v) is 3.27. The zero-order valence-corrected chi connectivity index (χ0v) is 9.90. The van der Waals surface area contributed by atoms with Crippen molar-refractivity contribution >= 4 is 5.82 Å². The van der Waals surface area contributed by atoms with Crippen LogP contribution >= 0.6 is 0 Å². The second-order valence-corrected chi connectivity index (χ2v) is 4.58. The molecule has 17 heavy (non-hydrogen) atoms. The molecule has 1 aromatic carbocycles. The van der Waals surface area contributed by atoms with Crippen LogP contribution in [0.3, 0.4) is 0 Å². The zero-order chi connectivity index (χ0) is 11.8. The van der Waals surface area contributed by atoms with Gasteiger partial charge in [0.2, 0.25) is 0 Å². The molecule has 0 unspecified atom stereocenters. The topological polar surface area (TPSA) is 51.8 Å². The predicted molar refractivity (Wildman–Crippen MR) is 68.6 cm³/mol. The van der Waals surface area contributed by atoms with E-state index in [1.807, 2.05) is 12.1 Å². The van der Waals surface area contributed by atoms with Crippen molar-refractivity contribution in [2.24, 2.45) is 0 Å². The van der Waals surface area contributed by atoms with E-state index in [-0.39, 0.29) is 0 Å². The minimum absolute atomic E-state index is 0.656. The molecule has 86 valence electrons. The number of rotatable bonds is 1. The summed E-state index contributed by atoms with van der Waals surface area (Å²) >= 11 is 0. The molecular formula is C14H15N3. The Balaban J connectivity index is 2.10. The van der Waals surface area contributed by atoms with Gasteiger partial charge >= 0.3 is 0 Å². The van der Waals surface area contributed by atoms with Gasteiger partial charge in [-0.05, 0) is 26.2 Å². The van der Waals surface area contributed by atoms with Crippen LogP contribution in [0.15, 0.2) is 24.3 Å². The van der Waals surface area contributed by atoms with Crippen molar-refractivity contribution in [1.29, 1.82) is 0 Å². The Labute approximate surface area is 101 Å². The van der Waals surface area contributed by atoms with Crippen LogP contribution in [0, 0.1) is 6.92 Å². The third-order valence-electron chi connectivity index (χ3n) is 3.27. The lowest BCUT2D eigenvalue weighted by molar-refractivity contribution is 0.900. The summed E-state index contributed by atoms with van der Waals surface area (Å²) in [4.78, 5) is 9.03. The first-order valence-corrected chi connectivity index (χ1v) is 5.96. The van der Waals surface area contributed by atoms with E-state index < -0.39 is 0 Å². The van der Waals surface area contributed by atoms with Crippen LogP contribution in [0.1, 0.15) is 23.2 Å². The van der Waals surface area contributed by atoms with Gasteiger partial charge in [0, 0.05) is 16.8 Å². The molecule has 0 aliphatic heterocycles. The molecule has 0 saturated heterocycles. The maximum absolute atomic E-state index is 5.99. The molecule has 2 aromatic rings. The Kier molecular flexibility index (Phi) is 2.32. The molecule has 3 rings (SSSR count). The minimum atomic E-state index is 0.656. The number of aromatic nitrogens is 2. The van der Waals surface area contributed by atoms with Gasteiger partial charge in [-0.3, -0.25) is 0 Å². The highest BCUT2D eigenvalue weighted by atomic mass is 15.0. The largest absolute Gasteiger partial charge is 0.383 e. The average Bonchev–Trinajstić information content (AvgIpc) is 2.78. The summed E-state index contributed by atoms with van der Waals surface area (Å²) in [5.41, 5.74) is 10.6. The van der Waals surface area contributed by atoms with Crippen molar-refractivity contribution in [2.45, 2.75) is 26.2 Å². The average molecular weight is 225 g/mol. The number of aryl methyl sites for hydroxylation is 2. The molecule has 1 heterocycles. The van der Waals surface area contributed by atoms with Crippen molar-refractivity contribution in [3.63, 3.8) is 0 Å². The van der Waals surface area contributed by atoms with E-state index in [0.717, 1.165) is 41.9 Å². The fraction of sp³-hybridized carbons (Fsp3) is 0.286. The predicted octanol–water partition coefficient (Wildman–Crippen LogP) is 2.52. The molecule has 0 amide bonds. The fourth-order valence-electron chi connectivity index (χ4n) is 2.29. The smallest absolute Gasteiger partial charge is 0.161 e. The number of hydrogen-bond donors (Lipinski definition) is 1. The Morgan fingerprint density at radius 3 is 2.59 bits per heavy atom. The first-order valence-electron chi connectivity index (χ1n) is 5.96. The maximum atomic E-state index is 5.99. The van der Waals surface area contributed by atoms with Gasteiger partial charge < -0.3 is 5.73 Å². The summed E-state index contributed by atoms with van der Waals surface area (Å²) in [6, 6.07) is 8.24. The second kappa shape index (κ2) is 3.84. The standard InChI is InChI=1S/C14H15N3/c1-9-5-7-10(8-6-9)14-16-12-4-2-3-11(12)13(15)17-14/h5-8H,2-4H2,1H3,(H2,15,16,17). The normalized spacial score (nSPS) is 13.7. The van der Waals surface area contributed by atoms with Crippen LogP contribution < -0.4 is 5.73 Å². The molecule has 0 saturated carbocycles. The molecule has 3 nitrogen and oxygen atoms in total. The lowest BCUT2D eigenvalue weighted by atomic mass is 10.1. The number of anilines is 1. The molecule has 1 aliphatic carbocycles. The van der Waals surface area contributed by atoms with Gasteiger partial charge in [-0.25, -0.2) is 9.97 Å². The van der Waals surface area contributed by atoms with E-state index in [0.29, 0.717) is 5.82 Å². The Morgan fingerprint density at radius 2 is 1.82 bits per heavy atom. The van der Waals surface area contributed by atoms with Gasteiger partial charge in [0.25, 0.3) is 0 Å². The molecule has 0 atom stereocenters. The van der Waals surface area contributed by atoms with Crippen LogP contribution in [0.2, 0.25) is 0 Å². The molecule has 2 N–H and O–H groups in total. The molecule has 0 radical (unpaired) electrons. The van der Waals surface area contributed by atoms with Crippen molar-refractivity contribution in [2.75, 3.05) is 5.73 Å². The SMILES string of the molecule is Cc1ccc(-c2nc(N)c3c(n2)CCC3)cc1. The number of nitrogen functional groups attached to an aromatic ring is 1. The Hall–Kier alpha value is -1.90. The van der Waals surface area contributed by atoms with E-state index >= 15 is 0 Å². The van der Waals surface area contributed by atoms with E-state index in [4.69, 9.17) is 5.73 Å². The molecule has 0 fully saturated rings. The van der Waals surface area contributed by atoms with Gasteiger partial charge in [-0.15, -0.1) is 0 Å². The number of nitrogens with zero attached hydrogens (tertiary/aromatic N) is 2. The van der Waals surface area contributed by atoms with Gasteiger partial charge in [0.15, 0.2) is 5.82 Å². The van der Waals surface area contributed by atoms with E-state index in [2.05, 4.69) is 29.0 Å². The van der Waals surface area contributed by atoms with Crippen LogP contribution in [-0.2, 0) is 12.8 Å². The quantitative estimate of drug-likeness (QED) is 0.811. The third kappa shape index (κ3) is 1.78. The number of nitrogens with two attached hydrogens (primary N) is 1. The lowest BCUT2D eigenvalue weighted by Crippen LogP contribution is -2.02. The van der Waals surface area contributed by atoms with Crippen LogP contribution in [0.25, 0.3) is 11.4 Å². The lowest BCUT2D eigenvalue weighted by Gasteiger charge is -2.06. The van der Waals surface area contributed by atoms with Gasteiger partial charge in [0.1, 0.15) is 5.82 Å². The Morgan fingerprint density at radius 1 is 1.06 bits per heavy atom. The van der Waals surface area contributed by atoms with Crippen molar-refractivity contribution in [3.8, 4) is 11.4 Å². The molecular weight excluding hydrogens is 210 g/mol. The molecule has 1 aliphatic rings. The highest BCUT2D eigenvalue weighted by Gasteiger charge is 2.17. The molecule has 0 spiro atoms. The van der Waals surface area contributed by atoms with E-state index in [1.54, 1.807) is 0 Å². The number of hydrogen-bond acceptors (Lipinski definition) is 3. The summed E-state index contributed by atoms with van der Waals surface area (Å²) in [7, 11) is 0. The molecule has 3 heteroatoms. The summed E-state index contributed by atoms with van der Waals surface area (Å²) in [6.07, 6.45) is 3.20. The summed E-state index contributed by atoms with van der Waals surface area (Å²) in [6.45, 7) is 2.07. The Bertz CT molecular complexity index is 558. The highest BCUT2D eigenvalue weighted by molar-refractivity contribution is 5.59. The van der Waals surface area contributed by atoms with Crippen molar-refractivity contribution in [3.05, 3.63) is 41.1 Å².